The van der Waals surface area contributed by atoms with E-state index in [0.29, 0.717) is 42.3 Å². The van der Waals surface area contributed by atoms with Crippen molar-refractivity contribution in [1.29, 1.82) is 0 Å². The van der Waals surface area contributed by atoms with E-state index < -0.39 is 27.0 Å². The molecule has 3 aromatic rings. The maximum Gasteiger partial charge on any atom is 0.291 e. The second-order valence-corrected chi connectivity index (χ2v) is 13.6. The Kier molecular flexibility index (Phi) is 6.45. The summed E-state index contributed by atoms with van der Waals surface area (Å²) in [6.45, 7) is 7.90. The Balaban J connectivity index is 1.59. The van der Waals surface area contributed by atoms with Crippen molar-refractivity contribution in [2.24, 2.45) is 0 Å². The Morgan fingerprint density at radius 1 is 1.21 bits per heavy atom. The van der Waals surface area contributed by atoms with Crippen LogP contribution in [0.15, 0.2) is 17.0 Å². The average Bonchev–Trinajstić information content (AvgIpc) is 3.30. The topological polar surface area (TPSA) is 114 Å². The lowest BCUT2D eigenvalue weighted by Gasteiger charge is -2.37. The maximum absolute atomic E-state index is 13.6. The molecule has 0 aromatic carbocycles. The highest BCUT2D eigenvalue weighted by molar-refractivity contribution is 7.89. The van der Waals surface area contributed by atoms with Crippen LogP contribution in [0, 0.1) is 0 Å². The van der Waals surface area contributed by atoms with Gasteiger partial charge in [-0.25, -0.2) is 26.4 Å². The van der Waals surface area contributed by atoms with Gasteiger partial charge in [-0.05, 0) is 52.5 Å². The van der Waals surface area contributed by atoms with Gasteiger partial charge >= 0.3 is 0 Å². The molecule has 0 bridgehead atoms. The molecule has 38 heavy (non-hydrogen) atoms. The van der Waals surface area contributed by atoms with Crippen LogP contribution in [-0.4, -0.2) is 65.5 Å². The van der Waals surface area contributed by atoms with Crippen LogP contribution in [0.3, 0.4) is 0 Å². The SMILES string of the molecule is C[C@H]1CN(c2cc(S(=O)(=O)NC3(C)CC3)cc3c(-c4nnc(C(F)F)s4)c(C4CCCO4)nn23)C[C@H](C)N1. The second-order valence-electron chi connectivity index (χ2n) is 10.9. The van der Waals surface area contributed by atoms with Gasteiger partial charge in [-0.15, -0.1) is 10.2 Å². The summed E-state index contributed by atoms with van der Waals surface area (Å²) in [6, 6.07) is 3.56. The van der Waals surface area contributed by atoms with Gasteiger partial charge in [-0.1, -0.05) is 11.3 Å². The Labute approximate surface area is 223 Å². The third kappa shape index (κ3) is 4.81. The van der Waals surface area contributed by atoms with E-state index in [4.69, 9.17) is 9.84 Å². The minimum atomic E-state index is -3.87. The Hall–Kier alpha value is -2.26. The first-order valence-electron chi connectivity index (χ1n) is 12.9. The normalized spacial score (nSPS) is 25.5. The quantitative estimate of drug-likeness (QED) is 0.445. The number of pyridine rings is 1. The largest absolute Gasteiger partial charge is 0.372 e. The molecule has 14 heteroatoms. The van der Waals surface area contributed by atoms with Gasteiger partial charge in [0.2, 0.25) is 10.0 Å². The van der Waals surface area contributed by atoms with Crippen LogP contribution in [0.25, 0.3) is 16.1 Å². The van der Waals surface area contributed by atoms with Gasteiger partial charge < -0.3 is 15.0 Å². The molecule has 0 spiro atoms. The van der Waals surface area contributed by atoms with Crippen LogP contribution in [0.5, 0.6) is 0 Å². The number of fused-ring (bicyclic) bond motifs is 1. The molecule has 6 rings (SSSR count). The number of anilines is 1. The van der Waals surface area contributed by atoms with E-state index in [-0.39, 0.29) is 28.1 Å². The minimum absolute atomic E-state index is 0.102. The highest BCUT2D eigenvalue weighted by Crippen LogP contribution is 2.42. The molecular weight excluding hydrogens is 536 g/mol. The summed E-state index contributed by atoms with van der Waals surface area (Å²) in [6.07, 6.45) is 0.0130. The molecule has 2 N–H and O–H groups in total. The minimum Gasteiger partial charge on any atom is -0.372 e. The third-order valence-electron chi connectivity index (χ3n) is 7.36. The smallest absolute Gasteiger partial charge is 0.291 e. The Morgan fingerprint density at radius 3 is 2.55 bits per heavy atom. The van der Waals surface area contributed by atoms with Gasteiger partial charge in [0, 0.05) is 43.4 Å². The summed E-state index contributed by atoms with van der Waals surface area (Å²) >= 11 is 0.792. The van der Waals surface area contributed by atoms with Crippen LogP contribution >= 0.6 is 11.3 Å². The predicted octanol–water partition coefficient (Wildman–Crippen LogP) is 3.66. The fraction of sp³-hybridized carbons (Fsp3) is 0.625. The molecule has 0 amide bonds. The molecule has 3 fully saturated rings. The summed E-state index contributed by atoms with van der Waals surface area (Å²) in [4.78, 5) is 2.22. The van der Waals surface area contributed by atoms with Crippen LogP contribution in [0.4, 0.5) is 14.6 Å². The van der Waals surface area contributed by atoms with E-state index in [1.165, 1.54) is 0 Å². The molecule has 1 aliphatic carbocycles. The predicted molar refractivity (Wildman–Crippen MR) is 139 cm³/mol. The van der Waals surface area contributed by atoms with Crippen LogP contribution in [0.1, 0.15) is 69.7 Å². The van der Waals surface area contributed by atoms with E-state index in [0.717, 1.165) is 37.0 Å². The van der Waals surface area contributed by atoms with Crippen molar-refractivity contribution in [1.82, 2.24) is 29.9 Å². The zero-order valence-corrected chi connectivity index (χ0v) is 23.1. The summed E-state index contributed by atoms with van der Waals surface area (Å²) in [5, 5.41) is 16.1. The molecule has 0 radical (unpaired) electrons. The fourth-order valence-electron chi connectivity index (χ4n) is 5.35. The van der Waals surface area contributed by atoms with Gasteiger partial charge in [0.15, 0.2) is 10.0 Å². The maximum atomic E-state index is 13.6. The van der Waals surface area contributed by atoms with Crippen molar-refractivity contribution >= 4 is 32.7 Å². The number of hydrogen-bond acceptors (Lipinski definition) is 9. The number of ether oxygens (including phenoxy) is 1. The molecule has 3 aliphatic rings. The van der Waals surface area contributed by atoms with E-state index in [9.17, 15) is 17.2 Å². The number of aromatic nitrogens is 4. The summed E-state index contributed by atoms with van der Waals surface area (Å²) in [5.74, 6) is 0.619. The van der Waals surface area contributed by atoms with Crippen LogP contribution in [-0.2, 0) is 14.8 Å². The van der Waals surface area contributed by atoms with Gasteiger partial charge in [0.05, 0.1) is 16.0 Å². The monoisotopic (exact) mass is 567 g/mol. The van der Waals surface area contributed by atoms with Crippen molar-refractivity contribution in [3.05, 3.63) is 22.8 Å². The first-order chi connectivity index (χ1) is 18.0. The van der Waals surface area contributed by atoms with Crippen molar-refractivity contribution < 1.29 is 21.9 Å². The lowest BCUT2D eigenvalue weighted by atomic mass is 10.1. The van der Waals surface area contributed by atoms with Gasteiger partial charge in [0.25, 0.3) is 6.43 Å². The van der Waals surface area contributed by atoms with Crippen LogP contribution in [0.2, 0.25) is 0 Å². The molecule has 3 aromatic heterocycles. The summed E-state index contributed by atoms with van der Waals surface area (Å²) in [5.41, 5.74) is 1.08. The molecule has 206 valence electrons. The lowest BCUT2D eigenvalue weighted by molar-refractivity contribution is 0.109. The number of nitrogens with zero attached hydrogens (tertiary/aromatic N) is 5. The Bertz CT molecular complexity index is 1450. The van der Waals surface area contributed by atoms with Crippen molar-refractivity contribution in [3.63, 3.8) is 0 Å². The standard InChI is InChI=1S/C24H31F2N7O3S2/c1-13-11-32(12-14(2)27-13)18-10-15(38(34,35)31-24(3)6-7-24)9-16-19(22-28-29-23(37-22)21(25)26)20(30-33(16)18)17-5-4-8-36-17/h9-10,13-14,17,21,27,31H,4-8,11-12H2,1-3H3/t13-,14-,17?/m0/s1. The number of rotatable bonds is 7. The molecule has 10 nitrogen and oxygen atoms in total. The molecule has 2 saturated heterocycles. The molecule has 3 atom stereocenters. The first kappa shape index (κ1) is 26.0. The van der Waals surface area contributed by atoms with E-state index in [2.05, 4.69) is 39.0 Å². The molecule has 1 unspecified atom stereocenters. The van der Waals surface area contributed by atoms with Gasteiger partial charge in [-0.3, -0.25) is 0 Å². The lowest BCUT2D eigenvalue weighted by Crippen LogP contribution is -2.54. The van der Waals surface area contributed by atoms with Crippen molar-refractivity contribution in [2.45, 2.75) is 81.5 Å². The molecule has 5 heterocycles. The number of sulfonamides is 1. The van der Waals surface area contributed by atoms with Crippen LogP contribution < -0.4 is 14.9 Å². The van der Waals surface area contributed by atoms with Gasteiger partial charge in [0.1, 0.15) is 17.6 Å². The third-order valence-corrected chi connectivity index (χ3v) is 9.93. The molecular formula is C24H31F2N7O3S2. The molecule has 1 saturated carbocycles. The fourth-order valence-corrected chi connectivity index (χ4v) is 7.61. The zero-order chi connectivity index (χ0) is 26.8. The second kappa shape index (κ2) is 9.44. The Morgan fingerprint density at radius 2 is 1.95 bits per heavy atom. The average molecular weight is 568 g/mol. The van der Waals surface area contributed by atoms with Crippen molar-refractivity contribution in [2.75, 3.05) is 24.6 Å². The van der Waals surface area contributed by atoms with E-state index >= 15 is 0 Å². The number of nitrogens with one attached hydrogen (secondary N) is 2. The number of alkyl halides is 2. The number of halogens is 2. The van der Waals surface area contributed by atoms with Crippen molar-refractivity contribution in [3.8, 4) is 10.6 Å². The van der Waals surface area contributed by atoms with Gasteiger partial charge in [-0.2, -0.15) is 5.10 Å². The first-order valence-corrected chi connectivity index (χ1v) is 15.2. The van der Waals surface area contributed by atoms with E-state index in [1.54, 1.807) is 16.6 Å². The summed E-state index contributed by atoms with van der Waals surface area (Å²) < 4.78 is 64.6. The zero-order valence-electron chi connectivity index (χ0n) is 21.4. The number of piperazine rings is 1. The highest BCUT2D eigenvalue weighted by atomic mass is 32.2. The highest BCUT2D eigenvalue weighted by Gasteiger charge is 2.42. The number of hydrogen-bond donors (Lipinski definition) is 2. The molecule has 2 aliphatic heterocycles. The van der Waals surface area contributed by atoms with E-state index in [1.807, 2.05) is 6.92 Å². The summed E-state index contributed by atoms with van der Waals surface area (Å²) in [7, 11) is -3.87.